The Morgan fingerprint density at radius 2 is 1.57 bits per heavy atom. The maximum Gasteiger partial charge on any atom is -0.0564 e. The maximum absolute atomic E-state index is 7.13. The van der Waals surface area contributed by atoms with Gasteiger partial charge in [-0.05, 0) is 0 Å². The minimum Gasteiger partial charge on any atom is -0.696 e. The highest BCUT2D eigenvalue weighted by atomic mass is 32.1. The SMILES string of the molecule is CCCC.N#C[S-]. The molecule has 0 saturated heterocycles. The van der Waals surface area contributed by atoms with Crippen LogP contribution in [0, 0.1) is 10.7 Å². The molecule has 0 spiro atoms. The molecule has 0 atom stereocenters. The molecule has 0 aliphatic rings. The van der Waals surface area contributed by atoms with Crippen LogP contribution in [0.5, 0.6) is 0 Å². The standard InChI is InChI=1S/C4H10.CHNS/c1-3-4-2;2-1-3/h3-4H2,1-2H3;3H/p-1. The first-order valence-corrected chi connectivity index (χ1v) is 2.75. The van der Waals surface area contributed by atoms with Crippen molar-refractivity contribution in [3.05, 3.63) is 0 Å². The summed E-state index contributed by atoms with van der Waals surface area (Å²) in [5, 5.41) is 8.47. The van der Waals surface area contributed by atoms with E-state index in [0.29, 0.717) is 0 Å². The molecule has 7 heavy (non-hydrogen) atoms. The van der Waals surface area contributed by atoms with E-state index in [1.807, 2.05) is 0 Å². The summed E-state index contributed by atoms with van der Waals surface area (Å²) < 4.78 is 0. The Balaban J connectivity index is 0. The minimum absolute atomic E-state index is 1.32. The number of unbranched alkanes of at least 4 members (excludes halogenated alkanes) is 1. The molecule has 0 saturated carbocycles. The lowest BCUT2D eigenvalue weighted by Crippen LogP contribution is -1.47. The number of thiocyanates is 1. The summed E-state index contributed by atoms with van der Waals surface area (Å²) in [6, 6.07) is 0. The van der Waals surface area contributed by atoms with Crippen LogP contribution >= 0.6 is 0 Å². The van der Waals surface area contributed by atoms with Gasteiger partial charge in [0.2, 0.25) is 0 Å². The van der Waals surface area contributed by atoms with E-state index in [2.05, 4.69) is 26.5 Å². The minimum atomic E-state index is 1.32. The van der Waals surface area contributed by atoms with E-state index in [1.165, 1.54) is 18.2 Å². The lowest BCUT2D eigenvalue weighted by atomic mass is 10.4. The molecule has 0 bridgehead atoms. The smallest absolute Gasteiger partial charge is 0.0564 e. The average Bonchev–Trinajstić information content (AvgIpc) is 1.69. The van der Waals surface area contributed by atoms with Gasteiger partial charge in [-0.15, -0.1) is 0 Å². The average molecular weight is 116 g/mol. The van der Waals surface area contributed by atoms with Crippen molar-refractivity contribution >= 4 is 12.6 Å². The van der Waals surface area contributed by atoms with E-state index in [1.54, 1.807) is 0 Å². The highest BCUT2D eigenvalue weighted by Crippen LogP contribution is 1.76. The second-order valence-electron chi connectivity index (χ2n) is 1.09. The van der Waals surface area contributed by atoms with Crippen molar-refractivity contribution in [2.24, 2.45) is 0 Å². The summed E-state index contributed by atoms with van der Waals surface area (Å²) in [6.45, 7) is 4.36. The molecule has 0 unspecified atom stereocenters. The Hall–Kier alpha value is -0.290. The Labute approximate surface area is 50.8 Å². The number of nitriles is 1. The molecule has 0 aromatic heterocycles. The Kier molecular flexibility index (Phi) is 24.3. The fourth-order valence-corrected chi connectivity index (χ4v) is 0. The van der Waals surface area contributed by atoms with Crippen molar-refractivity contribution < 1.29 is 0 Å². The van der Waals surface area contributed by atoms with Crippen LogP contribution in [0.3, 0.4) is 0 Å². The molecule has 0 aliphatic carbocycles. The molecule has 0 radical (unpaired) electrons. The predicted octanol–water partition coefficient (Wildman–Crippen LogP) is 1.82. The first-order chi connectivity index (χ1) is 3.33. The maximum atomic E-state index is 7.13. The van der Waals surface area contributed by atoms with Crippen molar-refractivity contribution in [2.45, 2.75) is 26.7 Å². The third kappa shape index (κ3) is 156. The molecule has 0 fully saturated rings. The van der Waals surface area contributed by atoms with Crippen molar-refractivity contribution in [1.29, 1.82) is 5.26 Å². The van der Waals surface area contributed by atoms with Gasteiger partial charge < -0.3 is 12.6 Å². The Morgan fingerprint density at radius 1 is 1.43 bits per heavy atom. The lowest BCUT2D eigenvalue weighted by molar-refractivity contribution is 0.886. The quantitative estimate of drug-likeness (QED) is 0.385. The molecule has 1 nitrogen and oxygen atoms in total. The highest BCUT2D eigenvalue weighted by Gasteiger charge is 1.56. The van der Waals surface area contributed by atoms with Gasteiger partial charge in [0.15, 0.2) is 0 Å². The van der Waals surface area contributed by atoms with Crippen molar-refractivity contribution in [3.63, 3.8) is 0 Å². The molecule has 0 rings (SSSR count). The van der Waals surface area contributed by atoms with Crippen molar-refractivity contribution in [2.75, 3.05) is 0 Å². The number of nitrogens with zero attached hydrogens (tertiary/aromatic N) is 1. The molecule has 0 aromatic rings. The van der Waals surface area contributed by atoms with Crippen molar-refractivity contribution in [3.8, 4) is 5.40 Å². The third-order valence-electron chi connectivity index (χ3n) is 0.500. The molecule has 0 amide bonds. The molecular weight excluding hydrogens is 106 g/mol. The van der Waals surface area contributed by atoms with Crippen LogP contribution in [-0.4, -0.2) is 0 Å². The van der Waals surface area contributed by atoms with Gasteiger partial charge in [0.1, 0.15) is 0 Å². The second-order valence-corrected chi connectivity index (χ2v) is 1.27. The number of hydrogen-bond donors (Lipinski definition) is 0. The fourth-order valence-electron chi connectivity index (χ4n) is 0. The molecule has 0 aliphatic heterocycles. The van der Waals surface area contributed by atoms with Crippen LogP contribution in [0.4, 0.5) is 0 Å². The predicted molar refractivity (Wildman–Crippen MR) is 33.6 cm³/mol. The van der Waals surface area contributed by atoms with Gasteiger partial charge in [-0.2, -0.15) is 0 Å². The van der Waals surface area contributed by atoms with Crippen LogP contribution in [0.1, 0.15) is 26.7 Å². The van der Waals surface area contributed by atoms with Gasteiger partial charge in [-0.3, -0.25) is 0 Å². The van der Waals surface area contributed by atoms with E-state index in [9.17, 15) is 0 Å². The van der Waals surface area contributed by atoms with Gasteiger partial charge in [-0.25, -0.2) is 5.26 Å². The van der Waals surface area contributed by atoms with Gasteiger partial charge >= 0.3 is 0 Å². The van der Waals surface area contributed by atoms with Crippen LogP contribution < -0.4 is 0 Å². The summed E-state index contributed by atoms with van der Waals surface area (Å²) >= 11 is 3.70. The monoisotopic (exact) mass is 116 g/mol. The molecule has 0 aromatic carbocycles. The van der Waals surface area contributed by atoms with Crippen LogP contribution in [0.2, 0.25) is 0 Å². The summed E-state index contributed by atoms with van der Waals surface area (Å²) in [7, 11) is 0. The normalized spacial score (nSPS) is 5.29. The Morgan fingerprint density at radius 3 is 1.57 bits per heavy atom. The summed E-state index contributed by atoms with van der Waals surface area (Å²) in [5.74, 6) is 0. The van der Waals surface area contributed by atoms with E-state index in [0.717, 1.165) is 0 Å². The zero-order valence-corrected chi connectivity index (χ0v) is 5.59. The third-order valence-corrected chi connectivity index (χ3v) is 0.500. The number of rotatable bonds is 1. The topological polar surface area (TPSA) is 23.8 Å². The first kappa shape index (κ1) is 9.86. The van der Waals surface area contributed by atoms with Gasteiger partial charge in [0, 0.05) is 0 Å². The summed E-state index contributed by atoms with van der Waals surface area (Å²) in [4.78, 5) is 0. The molecule has 0 N–H and O–H groups in total. The van der Waals surface area contributed by atoms with E-state index >= 15 is 0 Å². The van der Waals surface area contributed by atoms with E-state index in [4.69, 9.17) is 5.26 Å². The first-order valence-electron chi connectivity index (χ1n) is 2.34. The Bertz CT molecular complexity index is 44.5. The number of hydrogen-bond acceptors (Lipinski definition) is 2. The molecule has 42 valence electrons. The highest BCUT2D eigenvalue weighted by molar-refractivity contribution is 7.64. The zero-order valence-electron chi connectivity index (χ0n) is 4.77. The second kappa shape index (κ2) is 17.2. The van der Waals surface area contributed by atoms with Gasteiger partial charge in [0.05, 0.1) is 0 Å². The molecule has 0 heterocycles. The van der Waals surface area contributed by atoms with Crippen LogP contribution in [-0.2, 0) is 12.6 Å². The summed E-state index contributed by atoms with van der Waals surface area (Å²) in [6.07, 6.45) is 2.64. The largest absolute Gasteiger partial charge is 0.696 e. The van der Waals surface area contributed by atoms with Gasteiger partial charge in [-0.1, -0.05) is 32.1 Å². The fraction of sp³-hybridized carbons (Fsp3) is 0.800. The zero-order chi connectivity index (χ0) is 6.12. The van der Waals surface area contributed by atoms with Crippen LogP contribution in [0.15, 0.2) is 0 Å². The van der Waals surface area contributed by atoms with Gasteiger partial charge in [0.25, 0.3) is 0 Å². The van der Waals surface area contributed by atoms with E-state index < -0.39 is 0 Å². The van der Waals surface area contributed by atoms with Crippen LogP contribution in [0.25, 0.3) is 0 Å². The summed E-state index contributed by atoms with van der Waals surface area (Å²) in [5.41, 5.74) is 0. The van der Waals surface area contributed by atoms with Crippen molar-refractivity contribution in [1.82, 2.24) is 0 Å². The lowest BCUT2D eigenvalue weighted by Gasteiger charge is -1.68. The molecular formula is C5H10NS-. The molecule has 2 heteroatoms. The van der Waals surface area contributed by atoms with E-state index in [-0.39, 0.29) is 0 Å².